The van der Waals surface area contributed by atoms with E-state index in [0.717, 1.165) is 28.4 Å². The largest absolute Gasteiger partial charge is 0.380 e. The van der Waals surface area contributed by atoms with Crippen LogP contribution in [0.15, 0.2) is 54.9 Å². The monoisotopic (exact) mass is 424 g/mol. The smallest absolute Gasteiger partial charge is 0.130 e. The summed E-state index contributed by atoms with van der Waals surface area (Å²) in [6, 6.07) is 16.9. The normalized spacial score (nSPS) is 10.3. The summed E-state index contributed by atoms with van der Waals surface area (Å²) in [6.45, 7) is 7.35. The van der Waals surface area contributed by atoms with Gasteiger partial charge in [0.2, 0.25) is 0 Å². The van der Waals surface area contributed by atoms with Crippen LogP contribution >= 0.6 is 11.9 Å². The molecule has 1 heterocycles. The van der Waals surface area contributed by atoms with Crippen LogP contribution in [0.4, 0.5) is 5.82 Å². The zero-order valence-corrected chi connectivity index (χ0v) is 19.3. The standard InChI is InChI=1S/C22H26N4OS.C2H6/c1-16-7-8-19(13-27-3)20(9-16)21-11-22(26-15-25-21)24-12-17-5-4-6-18(10-17)14-28-23-2;1-2/h4-11,15,23H,12-14H2,1-3H3,(H,24,25,26);1-2H3. The maximum absolute atomic E-state index is 5.34. The molecule has 0 fully saturated rings. The number of rotatable bonds is 9. The van der Waals surface area contributed by atoms with Crippen molar-refractivity contribution in [3.05, 3.63) is 77.1 Å². The first-order chi connectivity index (χ1) is 14.7. The van der Waals surface area contributed by atoms with E-state index < -0.39 is 0 Å². The van der Waals surface area contributed by atoms with Crippen LogP contribution in [0.25, 0.3) is 11.3 Å². The van der Waals surface area contributed by atoms with Gasteiger partial charge in [0.05, 0.1) is 12.3 Å². The van der Waals surface area contributed by atoms with Crippen LogP contribution in [0.5, 0.6) is 0 Å². The summed E-state index contributed by atoms with van der Waals surface area (Å²) in [5, 5.41) is 3.42. The van der Waals surface area contributed by atoms with Gasteiger partial charge in [0, 0.05) is 31.0 Å². The second-order valence-electron chi connectivity index (χ2n) is 6.55. The van der Waals surface area contributed by atoms with Crippen molar-refractivity contribution >= 4 is 17.8 Å². The topological polar surface area (TPSA) is 59.1 Å². The van der Waals surface area contributed by atoms with Crippen molar-refractivity contribution in [2.24, 2.45) is 0 Å². The number of aryl methyl sites for hydroxylation is 1. The molecular weight excluding hydrogens is 392 g/mol. The molecule has 3 aromatic rings. The highest BCUT2D eigenvalue weighted by atomic mass is 32.2. The van der Waals surface area contributed by atoms with Crippen LogP contribution in [-0.4, -0.2) is 24.1 Å². The molecule has 3 rings (SSSR count). The summed E-state index contributed by atoms with van der Waals surface area (Å²) in [7, 11) is 3.65. The van der Waals surface area contributed by atoms with Gasteiger partial charge in [0.15, 0.2) is 0 Å². The van der Waals surface area contributed by atoms with E-state index in [1.54, 1.807) is 25.4 Å². The Morgan fingerprint density at radius 1 is 1.00 bits per heavy atom. The lowest BCUT2D eigenvalue weighted by atomic mass is 10.0. The van der Waals surface area contributed by atoms with Gasteiger partial charge in [-0.15, -0.1) is 0 Å². The quantitative estimate of drug-likeness (QED) is 0.436. The van der Waals surface area contributed by atoms with E-state index in [9.17, 15) is 0 Å². The number of aromatic nitrogens is 2. The highest BCUT2D eigenvalue weighted by molar-refractivity contribution is 7.96. The first-order valence-corrected chi connectivity index (χ1v) is 11.2. The Balaban J connectivity index is 0.00000155. The molecule has 0 aliphatic carbocycles. The fraction of sp³-hybridized carbons (Fsp3) is 0.333. The van der Waals surface area contributed by atoms with Crippen LogP contribution in [-0.2, 0) is 23.6 Å². The van der Waals surface area contributed by atoms with Crippen molar-refractivity contribution < 1.29 is 4.74 Å². The third-order valence-corrected chi connectivity index (χ3v) is 5.12. The Morgan fingerprint density at radius 3 is 2.57 bits per heavy atom. The molecule has 5 nitrogen and oxygen atoms in total. The average Bonchev–Trinajstić information content (AvgIpc) is 2.79. The molecular formula is C24H32N4OS. The number of methoxy groups -OCH3 is 1. The predicted molar refractivity (Wildman–Crippen MR) is 128 cm³/mol. The van der Waals surface area contributed by atoms with Crippen LogP contribution in [0.3, 0.4) is 0 Å². The lowest BCUT2D eigenvalue weighted by Crippen LogP contribution is -2.03. The minimum absolute atomic E-state index is 0.555. The zero-order valence-electron chi connectivity index (χ0n) is 18.5. The van der Waals surface area contributed by atoms with Gasteiger partial charge in [-0.25, -0.2) is 9.97 Å². The Labute approximate surface area is 184 Å². The third-order valence-electron chi connectivity index (χ3n) is 4.36. The highest BCUT2D eigenvalue weighted by Crippen LogP contribution is 2.25. The molecule has 0 saturated carbocycles. The Bertz CT molecular complexity index is 917. The molecule has 1 aromatic heterocycles. The molecule has 6 heteroatoms. The second-order valence-corrected chi connectivity index (χ2v) is 7.53. The maximum Gasteiger partial charge on any atom is 0.130 e. The van der Waals surface area contributed by atoms with E-state index in [4.69, 9.17) is 4.74 Å². The summed E-state index contributed by atoms with van der Waals surface area (Å²) in [5.41, 5.74) is 6.81. The highest BCUT2D eigenvalue weighted by Gasteiger charge is 2.08. The maximum atomic E-state index is 5.34. The Hall–Kier alpha value is -2.41. The van der Waals surface area contributed by atoms with E-state index in [2.05, 4.69) is 69.4 Å². The molecule has 0 atom stereocenters. The number of hydrogen-bond donors (Lipinski definition) is 2. The van der Waals surface area contributed by atoms with Crippen molar-refractivity contribution in [2.45, 2.75) is 39.7 Å². The van der Waals surface area contributed by atoms with Crippen molar-refractivity contribution in [3.63, 3.8) is 0 Å². The first-order valence-electron chi connectivity index (χ1n) is 10.2. The second kappa shape index (κ2) is 13.0. The molecule has 2 N–H and O–H groups in total. The lowest BCUT2D eigenvalue weighted by Gasteiger charge is -2.12. The summed E-state index contributed by atoms with van der Waals surface area (Å²) in [5.74, 6) is 1.75. The van der Waals surface area contributed by atoms with E-state index >= 15 is 0 Å². The van der Waals surface area contributed by atoms with Crippen LogP contribution < -0.4 is 10.0 Å². The first kappa shape index (κ1) is 23.9. The van der Waals surface area contributed by atoms with Crippen LogP contribution in [0.2, 0.25) is 0 Å². The van der Waals surface area contributed by atoms with E-state index in [-0.39, 0.29) is 0 Å². The average molecular weight is 425 g/mol. The fourth-order valence-corrected chi connectivity index (χ4v) is 3.48. The van der Waals surface area contributed by atoms with Crippen LogP contribution in [0, 0.1) is 6.92 Å². The molecule has 160 valence electrons. The Morgan fingerprint density at radius 2 is 1.80 bits per heavy atom. The van der Waals surface area contributed by atoms with Gasteiger partial charge in [-0.1, -0.05) is 67.8 Å². The zero-order chi connectivity index (χ0) is 21.8. The van der Waals surface area contributed by atoms with Crippen molar-refractivity contribution in [3.8, 4) is 11.3 Å². The fourth-order valence-electron chi connectivity index (χ4n) is 2.99. The summed E-state index contributed by atoms with van der Waals surface area (Å²) < 4.78 is 8.45. The van der Waals surface area contributed by atoms with Gasteiger partial charge in [-0.3, -0.25) is 4.72 Å². The number of benzene rings is 2. The molecule has 2 aromatic carbocycles. The molecule has 0 radical (unpaired) electrons. The van der Waals surface area contributed by atoms with Crippen molar-refractivity contribution in [2.75, 3.05) is 19.5 Å². The van der Waals surface area contributed by atoms with Gasteiger partial charge < -0.3 is 10.1 Å². The molecule has 30 heavy (non-hydrogen) atoms. The predicted octanol–water partition coefficient (Wildman–Crippen LogP) is 5.60. The van der Waals surface area contributed by atoms with Gasteiger partial charge in [-0.2, -0.15) is 0 Å². The number of hydrogen-bond acceptors (Lipinski definition) is 6. The third kappa shape index (κ3) is 7.13. The summed E-state index contributed by atoms with van der Waals surface area (Å²) in [6.07, 6.45) is 1.61. The van der Waals surface area contributed by atoms with Crippen molar-refractivity contribution in [1.82, 2.24) is 14.7 Å². The molecule has 0 spiro atoms. The van der Waals surface area contributed by atoms with Gasteiger partial charge >= 0.3 is 0 Å². The number of ether oxygens (including phenoxy) is 1. The molecule has 0 unspecified atom stereocenters. The minimum Gasteiger partial charge on any atom is -0.380 e. The molecule has 0 saturated heterocycles. The van der Waals surface area contributed by atoms with E-state index in [1.165, 1.54) is 16.7 Å². The number of nitrogens with zero attached hydrogens (tertiary/aromatic N) is 2. The van der Waals surface area contributed by atoms with Crippen LogP contribution in [0.1, 0.15) is 36.1 Å². The van der Waals surface area contributed by atoms with Gasteiger partial charge in [0.25, 0.3) is 0 Å². The number of anilines is 1. The number of nitrogens with one attached hydrogen (secondary N) is 2. The lowest BCUT2D eigenvalue weighted by molar-refractivity contribution is 0.185. The molecule has 0 bridgehead atoms. The SMILES string of the molecule is CC.CNSCc1cccc(CNc2cc(-c3cc(C)ccc3COC)ncn2)c1. The summed E-state index contributed by atoms with van der Waals surface area (Å²) in [4.78, 5) is 8.86. The van der Waals surface area contributed by atoms with E-state index in [0.29, 0.717) is 13.2 Å². The molecule has 0 amide bonds. The van der Waals surface area contributed by atoms with E-state index in [1.807, 2.05) is 27.0 Å². The van der Waals surface area contributed by atoms with Gasteiger partial charge in [0.1, 0.15) is 12.1 Å². The summed E-state index contributed by atoms with van der Waals surface area (Å²) >= 11 is 1.69. The Kier molecular flexibility index (Phi) is 10.3. The minimum atomic E-state index is 0.555. The van der Waals surface area contributed by atoms with Crippen molar-refractivity contribution in [1.29, 1.82) is 0 Å². The van der Waals surface area contributed by atoms with Gasteiger partial charge in [-0.05, 0) is 36.7 Å². The molecule has 0 aliphatic rings. The molecule has 0 aliphatic heterocycles.